The SMILES string of the molecule is COC(C)(C)CNc1cnc(-c2cccc(C#C[C@@H]3CCN(C)C3=O)c2)nc1C(N)=O. The van der Waals surface area contributed by atoms with Crippen LogP contribution in [0, 0.1) is 17.8 Å². The van der Waals surface area contributed by atoms with Gasteiger partial charge in [-0.25, -0.2) is 9.97 Å². The molecular weight excluding hydrogens is 394 g/mol. The number of hydrogen-bond donors (Lipinski definition) is 2. The highest BCUT2D eigenvalue weighted by molar-refractivity contribution is 5.96. The monoisotopic (exact) mass is 421 g/mol. The number of primary amides is 1. The second-order valence-electron chi connectivity index (χ2n) is 8.09. The van der Waals surface area contributed by atoms with E-state index in [1.165, 1.54) is 0 Å². The second kappa shape index (κ2) is 9.14. The Morgan fingerprint density at radius 1 is 1.42 bits per heavy atom. The maximum Gasteiger partial charge on any atom is 0.269 e. The number of carbonyl (C=O) groups excluding carboxylic acids is 2. The van der Waals surface area contributed by atoms with Gasteiger partial charge in [0.15, 0.2) is 11.5 Å². The van der Waals surface area contributed by atoms with Crippen LogP contribution >= 0.6 is 0 Å². The van der Waals surface area contributed by atoms with Gasteiger partial charge in [0.25, 0.3) is 5.91 Å². The summed E-state index contributed by atoms with van der Waals surface area (Å²) in [7, 11) is 3.40. The van der Waals surface area contributed by atoms with Crippen molar-refractivity contribution in [1.82, 2.24) is 14.9 Å². The van der Waals surface area contributed by atoms with Gasteiger partial charge in [-0.05, 0) is 32.4 Å². The van der Waals surface area contributed by atoms with Crippen LogP contribution in [0.1, 0.15) is 36.3 Å². The van der Waals surface area contributed by atoms with Crippen LogP contribution < -0.4 is 11.1 Å². The number of nitrogens with zero attached hydrogens (tertiary/aromatic N) is 3. The Morgan fingerprint density at radius 2 is 2.19 bits per heavy atom. The van der Waals surface area contributed by atoms with Gasteiger partial charge in [-0.2, -0.15) is 0 Å². The zero-order chi connectivity index (χ0) is 22.6. The molecule has 162 valence electrons. The van der Waals surface area contributed by atoms with Crippen LogP contribution in [-0.4, -0.2) is 59.5 Å². The fourth-order valence-corrected chi connectivity index (χ4v) is 3.08. The Bertz CT molecular complexity index is 1050. The minimum absolute atomic E-state index is 0.0535. The van der Waals surface area contributed by atoms with Crippen LogP contribution in [-0.2, 0) is 9.53 Å². The zero-order valence-corrected chi connectivity index (χ0v) is 18.2. The summed E-state index contributed by atoms with van der Waals surface area (Å²) in [6, 6.07) is 7.36. The van der Waals surface area contributed by atoms with E-state index in [1.54, 1.807) is 25.3 Å². The fourth-order valence-electron chi connectivity index (χ4n) is 3.08. The Morgan fingerprint density at radius 3 is 2.84 bits per heavy atom. The van der Waals surface area contributed by atoms with Gasteiger partial charge in [-0.15, -0.1) is 0 Å². The molecule has 2 heterocycles. The Balaban J connectivity index is 1.84. The molecule has 0 unspecified atom stereocenters. The van der Waals surface area contributed by atoms with Crippen molar-refractivity contribution in [3.63, 3.8) is 0 Å². The number of carbonyl (C=O) groups is 2. The second-order valence-corrected chi connectivity index (χ2v) is 8.09. The number of likely N-dealkylation sites (tertiary alicyclic amines) is 1. The fraction of sp³-hybridized carbons (Fsp3) is 0.391. The van der Waals surface area contributed by atoms with Gasteiger partial charge >= 0.3 is 0 Å². The first kappa shape index (κ1) is 22.2. The van der Waals surface area contributed by atoms with Crippen LogP contribution in [0.2, 0.25) is 0 Å². The van der Waals surface area contributed by atoms with Crippen LogP contribution in [0.15, 0.2) is 30.5 Å². The van der Waals surface area contributed by atoms with Crippen molar-refractivity contribution in [2.24, 2.45) is 11.7 Å². The number of anilines is 1. The lowest BCUT2D eigenvalue weighted by Gasteiger charge is -2.24. The van der Waals surface area contributed by atoms with Crippen molar-refractivity contribution >= 4 is 17.5 Å². The van der Waals surface area contributed by atoms with E-state index < -0.39 is 11.5 Å². The summed E-state index contributed by atoms with van der Waals surface area (Å²) >= 11 is 0. The zero-order valence-electron chi connectivity index (χ0n) is 18.2. The highest BCUT2D eigenvalue weighted by Gasteiger charge is 2.27. The predicted octanol–water partition coefficient (Wildman–Crippen LogP) is 1.91. The van der Waals surface area contributed by atoms with Crippen LogP contribution in [0.4, 0.5) is 5.69 Å². The summed E-state index contributed by atoms with van der Waals surface area (Å²) in [5, 5.41) is 3.13. The average molecular weight is 422 g/mol. The molecule has 3 N–H and O–H groups in total. The normalized spacial score (nSPS) is 16.1. The first-order valence-corrected chi connectivity index (χ1v) is 10.0. The van der Waals surface area contributed by atoms with Gasteiger partial charge in [0.2, 0.25) is 5.91 Å². The third-order valence-electron chi connectivity index (χ3n) is 5.22. The standard InChI is InChI=1S/C23H27N5O3/c1-23(2,31-4)14-26-18-13-25-21(27-19(18)20(24)29)17-7-5-6-15(12-17)8-9-16-10-11-28(3)22(16)30/h5-7,12-13,16,26H,10-11,14H2,1-4H3,(H2,24,29)/t16-/m1/s1. The number of nitrogens with one attached hydrogen (secondary N) is 1. The smallest absolute Gasteiger partial charge is 0.269 e. The molecule has 8 nitrogen and oxygen atoms in total. The third-order valence-corrected chi connectivity index (χ3v) is 5.22. The van der Waals surface area contributed by atoms with E-state index in [0.29, 0.717) is 23.6 Å². The molecule has 3 rings (SSSR count). The maximum absolute atomic E-state index is 12.0. The molecule has 1 fully saturated rings. The number of ether oxygens (including phenoxy) is 1. The summed E-state index contributed by atoms with van der Waals surface area (Å²) in [5.41, 5.74) is 7.11. The Labute approximate surface area is 182 Å². The van der Waals surface area contributed by atoms with Crippen LogP contribution in [0.25, 0.3) is 11.4 Å². The number of amides is 2. The van der Waals surface area contributed by atoms with Crippen molar-refractivity contribution in [3.8, 4) is 23.2 Å². The maximum atomic E-state index is 12.0. The first-order chi connectivity index (χ1) is 14.7. The highest BCUT2D eigenvalue weighted by atomic mass is 16.5. The molecule has 1 saturated heterocycles. The summed E-state index contributed by atoms with van der Waals surface area (Å²) < 4.78 is 5.38. The molecule has 0 spiro atoms. The highest BCUT2D eigenvalue weighted by Crippen LogP contribution is 2.21. The molecule has 2 aromatic rings. The van der Waals surface area contributed by atoms with E-state index >= 15 is 0 Å². The number of nitrogens with two attached hydrogens (primary N) is 1. The Kier molecular flexibility index (Phi) is 6.56. The number of hydrogen-bond acceptors (Lipinski definition) is 6. The van der Waals surface area contributed by atoms with Crippen molar-refractivity contribution in [1.29, 1.82) is 0 Å². The molecule has 1 aliphatic heterocycles. The van der Waals surface area contributed by atoms with Crippen molar-refractivity contribution < 1.29 is 14.3 Å². The predicted molar refractivity (Wildman–Crippen MR) is 118 cm³/mol. The topological polar surface area (TPSA) is 110 Å². The lowest BCUT2D eigenvalue weighted by atomic mass is 10.1. The number of aromatic nitrogens is 2. The quantitative estimate of drug-likeness (QED) is 0.690. The van der Waals surface area contributed by atoms with Gasteiger partial charge in [0.05, 0.1) is 17.5 Å². The van der Waals surface area contributed by atoms with E-state index in [4.69, 9.17) is 10.5 Å². The van der Waals surface area contributed by atoms with Crippen LogP contribution in [0.3, 0.4) is 0 Å². The third kappa shape index (κ3) is 5.38. The molecule has 1 atom stereocenters. The molecule has 0 bridgehead atoms. The van der Waals surface area contributed by atoms with Gasteiger partial charge in [-0.1, -0.05) is 24.0 Å². The van der Waals surface area contributed by atoms with E-state index in [9.17, 15) is 9.59 Å². The summed E-state index contributed by atoms with van der Waals surface area (Å²) in [5.74, 6) is 5.62. The van der Waals surface area contributed by atoms with E-state index in [2.05, 4.69) is 27.1 Å². The van der Waals surface area contributed by atoms with Gasteiger partial charge in [0.1, 0.15) is 5.92 Å². The average Bonchev–Trinajstić information content (AvgIpc) is 3.08. The van der Waals surface area contributed by atoms with Crippen LogP contribution in [0.5, 0.6) is 0 Å². The number of benzene rings is 1. The largest absolute Gasteiger partial charge is 0.379 e. The van der Waals surface area contributed by atoms with Gasteiger partial charge < -0.3 is 20.7 Å². The summed E-state index contributed by atoms with van der Waals surface area (Å²) in [6.45, 7) is 5.02. The molecule has 0 radical (unpaired) electrons. The molecule has 2 amide bonds. The van der Waals surface area contributed by atoms with Gasteiger partial charge in [0, 0.05) is 38.4 Å². The molecular formula is C23H27N5O3. The molecule has 31 heavy (non-hydrogen) atoms. The molecule has 0 saturated carbocycles. The molecule has 1 aliphatic rings. The summed E-state index contributed by atoms with van der Waals surface area (Å²) in [4.78, 5) is 34.5. The minimum atomic E-state index is -0.652. The molecule has 1 aromatic carbocycles. The van der Waals surface area contributed by atoms with Gasteiger partial charge in [-0.3, -0.25) is 9.59 Å². The lowest BCUT2D eigenvalue weighted by molar-refractivity contribution is -0.128. The first-order valence-electron chi connectivity index (χ1n) is 10.0. The molecule has 1 aromatic heterocycles. The van der Waals surface area contributed by atoms with Crippen molar-refractivity contribution in [3.05, 3.63) is 41.7 Å². The lowest BCUT2D eigenvalue weighted by Crippen LogP contribution is -2.33. The number of rotatable bonds is 6. The molecule has 0 aliphatic carbocycles. The minimum Gasteiger partial charge on any atom is -0.379 e. The van der Waals surface area contributed by atoms with E-state index in [-0.39, 0.29) is 17.5 Å². The van der Waals surface area contributed by atoms with Crippen molar-refractivity contribution in [2.45, 2.75) is 25.9 Å². The van der Waals surface area contributed by atoms with Crippen molar-refractivity contribution in [2.75, 3.05) is 32.6 Å². The molecule has 8 heteroatoms. The number of methoxy groups -OCH3 is 1. The van der Waals surface area contributed by atoms with E-state index in [0.717, 1.165) is 18.5 Å². The summed E-state index contributed by atoms with van der Waals surface area (Å²) in [6.07, 6.45) is 2.28. The Hall–Kier alpha value is -3.44. The van der Waals surface area contributed by atoms with E-state index in [1.807, 2.05) is 38.1 Å².